The van der Waals surface area contributed by atoms with Crippen LogP contribution >= 0.6 is 63.7 Å². The van der Waals surface area contributed by atoms with E-state index in [-0.39, 0.29) is 63.6 Å². The number of ether oxygens (including phenoxy) is 4. The number of H-pyrrole nitrogens is 2. The maximum absolute atomic E-state index is 15.0. The number of aromatic amines is 2. The van der Waals surface area contributed by atoms with E-state index >= 15 is 0 Å². The molecule has 0 radical (unpaired) electrons. The van der Waals surface area contributed by atoms with Crippen molar-refractivity contribution in [2.45, 2.75) is 49.4 Å². The summed E-state index contributed by atoms with van der Waals surface area (Å²) in [5.74, 6) is -30.6. The predicted molar refractivity (Wildman–Crippen MR) is 266 cm³/mol. The Morgan fingerprint density at radius 2 is 0.696 bits per heavy atom. The third kappa shape index (κ3) is 11.5. The van der Waals surface area contributed by atoms with Gasteiger partial charge in [0.2, 0.25) is 11.5 Å². The number of aromatic nitrogens is 8. The van der Waals surface area contributed by atoms with Gasteiger partial charge in [0.1, 0.15) is 22.6 Å². The molecule has 0 amide bonds. The number of halogens is 20. The van der Waals surface area contributed by atoms with E-state index in [1.54, 1.807) is 24.3 Å². The second-order valence-electron chi connectivity index (χ2n) is 16.3. The average Bonchev–Trinajstić information content (AvgIpc) is 4.35. The van der Waals surface area contributed by atoms with E-state index in [0.717, 1.165) is 0 Å². The molecule has 2 aliphatic rings. The minimum atomic E-state index is -5.35. The van der Waals surface area contributed by atoms with Crippen LogP contribution in [-0.2, 0) is 0 Å². The number of hydrogen-bond acceptors (Lipinski definition) is 12. The fourth-order valence-corrected chi connectivity index (χ4v) is 9.91. The second-order valence-corrected chi connectivity index (χ2v) is 19.8. The normalized spacial score (nSPS) is 12.9. The van der Waals surface area contributed by atoms with Gasteiger partial charge in [0.05, 0.1) is 11.1 Å². The van der Waals surface area contributed by atoms with Gasteiger partial charge in [-0.05, 0) is 63.7 Å². The van der Waals surface area contributed by atoms with Crippen LogP contribution < -0.4 is 18.9 Å². The monoisotopic (exact) mass is 1410 g/mol. The summed E-state index contributed by atoms with van der Waals surface area (Å²) in [5, 5.41) is 0.478. The molecule has 0 atom stereocenters. The van der Waals surface area contributed by atoms with Gasteiger partial charge in [-0.2, -0.15) is 35.1 Å². The number of rotatable bonds is 16. The molecule has 7 aromatic rings. The molecule has 9 rings (SSSR count). The fourth-order valence-electron chi connectivity index (χ4n) is 7.41. The maximum Gasteiger partial charge on any atom is 0.340 e. The topological polar surface area (TPSA) is 186 Å². The first-order chi connectivity index (χ1) is 37.0. The summed E-state index contributed by atoms with van der Waals surface area (Å²) in [6, 6.07) is 12.6. The molecular weight excluding hydrogens is 1390 g/mol. The molecule has 422 valence electrons. The molecule has 2 aliphatic heterocycles. The Morgan fingerprint density at radius 1 is 0.418 bits per heavy atom. The van der Waals surface area contributed by atoms with Crippen LogP contribution in [0.5, 0.6) is 23.0 Å². The van der Waals surface area contributed by atoms with Crippen molar-refractivity contribution in [2.75, 3.05) is 26.4 Å². The van der Waals surface area contributed by atoms with E-state index in [9.17, 15) is 70.2 Å². The fraction of sp³-hybridized carbons (Fsp3) is 0.273. The molecule has 0 saturated heterocycles. The van der Waals surface area contributed by atoms with Gasteiger partial charge < -0.3 is 38.5 Å². The third-order valence-corrected chi connectivity index (χ3v) is 15.8. The van der Waals surface area contributed by atoms with Crippen molar-refractivity contribution >= 4 is 118 Å². The average molecular weight is 1410 g/mol. The maximum atomic E-state index is 15.0. The second kappa shape index (κ2) is 22.7. The van der Waals surface area contributed by atoms with Crippen LogP contribution in [0.15, 0.2) is 66.4 Å². The van der Waals surface area contributed by atoms with Gasteiger partial charge in [-0.25, -0.2) is 65.0 Å². The Bertz CT molecular complexity index is 3680. The Balaban J connectivity index is 0.00000268. The number of benzene rings is 4. The highest BCUT2D eigenvalue weighted by Crippen LogP contribution is 2.59. The van der Waals surface area contributed by atoms with Crippen molar-refractivity contribution in [3.8, 4) is 68.5 Å². The highest BCUT2D eigenvalue weighted by Gasteiger charge is 2.49. The summed E-state index contributed by atoms with van der Waals surface area (Å²) in [7, 11) is -1.58. The molecule has 35 heteroatoms. The molecule has 0 fully saturated rings. The predicted octanol–water partition coefficient (Wildman–Crippen LogP) is 13.0. The van der Waals surface area contributed by atoms with Gasteiger partial charge in [-0.1, -0.05) is 48.5 Å². The van der Waals surface area contributed by atoms with Crippen LogP contribution in [-0.4, -0.2) is 135 Å². The first-order valence-corrected chi connectivity index (χ1v) is 26.0. The summed E-state index contributed by atoms with van der Waals surface area (Å²) in [6.45, 7) is -10.5. The first-order valence-electron chi connectivity index (χ1n) is 21.5. The van der Waals surface area contributed by atoms with Crippen LogP contribution in [0.3, 0.4) is 0 Å². The molecule has 0 aliphatic carbocycles. The zero-order valence-electron chi connectivity index (χ0n) is 38.2. The summed E-state index contributed by atoms with van der Waals surface area (Å²) in [4.78, 5) is 47.8. The van der Waals surface area contributed by atoms with Crippen molar-refractivity contribution in [3.05, 3.63) is 66.4 Å². The van der Waals surface area contributed by atoms with Crippen molar-refractivity contribution in [1.82, 2.24) is 39.9 Å². The molecule has 0 unspecified atom stereocenters. The largest absolute Gasteiger partial charge is 0.482 e. The standard InChI is InChI=1S/C44H22Br4F16N8O4.H4O2Si/c45-21-17-18(22(46)24(48)23(21)47)34-70-33(17)68-31-15-7-3-1-5-13(15)29(66-31)65-30-14-6-2-4-8-16(14)32(67-30)69-35-19-20(36(71-34)72-35)26(74-10-42(59,60)38(51)52)28(76-12-44(63,64)40(55)56)27(75-11-43(61,62)39(53)54)25(19)73-9-41(57,58)37(49)50;1-3-2/h1-8,37-40H,9-12H2,(H2,65,66,67,68,69,70,71,72);1-2H,3H2. The molecule has 0 saturated carbocycles. The van der Waals surface area contributed by atoms with Crippen LogP contribution in [0, 0.1) is 0 Å². The van der Waals surface area contributed by atoms with Crippen LogP contribution in [0.25, 0.3) is 89.7 Å². The summed E-state index contributed by atoms with van der Waals surface area (Å²) < 4.78 is 250. The number of nitrogens with zero attached hydrogens (tertiary/aromatic N) is 6. The molecule has 4 aromatic carbocycles. The lowest BCUT2D eigenvalue weighted by Crippen LogP contribution is -2.36. The summed E-state index contributed by atoms with van der Waals surface area (Å²) >= 11 is 13.8. The van der Waals surface area contributed by atoms with Crippen LogP contribution in [0.1, 0.15) is 0 Å². The van der Waals surface area contributed by atoms with E-state index in [0.29, 0.717) is 15.6 Å². The lowest BCUT2D eigenvalue weighted by molar-refractivity contribution is -0.155. The Labute approximate surface area is 464 Å². The van der Waals surface area contributed by atoms with E-state index in [4.69, 9.17) is 43.5 Å². The third-order valence-electron chi connectivity index (χ3n) is 11.0. The highest BCUT2D eigenvalue weighted by atomic mass is 79.9. The van der Waals surface area contributed by atoms with Gasteiger partial charge in [0, 0.05) is 50.6 Å². The molecule has 14 nitrogen and oxygen atoms in total. The van der Waals surface area contributed by atoms with Crippen molar-refractivity contribution < 1.29 is 98.8 Å². The van der Waals surface area contributed by atoms with Gasteiger partial charge in [0.15, 0.2) is 61.2 Å². The van der Waals surface area contributed by atoms with Gasteiger partial charge in [-0.3, -0.25) is 0 Å². The molecular formula is C44H26Br4F16N8O6Si. The molecule has 3 aromatic heterocycles. The van der Waals surface area contributed by atoms with E-state index < -0.39 is 137 Å². The molecule has 5 heterocycles. The van der Waals surface area contributed by atoms with E-state index in [1.807, 2.05) is 0 Å². The van der Waals surface area contributed by atoms with Gasteiger partial charge in [-0.15, -0.1) is 0 Å². The minimum Gasteiger partial charge on any atom is -0.482 e. The lowest BCUT2D eigenvalue weighted by atomic mass is 10.0. The highest BCUT2D eigenvalue weighted by molar-refractivity contribution is 9.15. The Hall–Kier alpha value is -5.62. The van der Waals surface area contributed by atoms with Crippen molar-refractivity contribution in [1.29, 1.82) is 0 Å². The van der Waals surface area contributed by atoms with Crippen molar-refractivity contribution in [2.24, 2.45) is 0 Å². The number of nitrogens with one attached hydrogen (secondary N) is 2. The molecule has 4 N–H and O–H groups in total. The van der Waals surface area contributed by atoms with Crippen LogP contribution in [0.4, 0.5) is 70.2 Å². The quantitative estimate of drug-likeness (QED) is 0.0311. The lowest BCUT2D eigenvalue weighted by Gasteiger charge is -2.27. The SMILES string of the molecule is FC(F)C(F)(F)COc1c(OCC(F)(F)C(F)F)c(OCC(F)(F)C(F)F)c2c(c1OCC(F)(F)C(F)F)-c1nc-2nc2[nH]c(nc3nc(nc4[nH]c(n1)c1ccccc41)-c1ccccc1-3)c1c(Br)c(Br)c(Br)c(Br)c21.O[SiH2]O. The minimum absolute atomic E-state index is 0.00185. The Morgan fingerprint density at radius 3 is 1.05 bits per heavy atom. The number of alkyl halides is 16. The van der Waals surface area contributed by atoms with Gasteiger partial charge in [0.25, 0.3) is 10.0 Å². The van der Waals surface area contributed by atoms with Crippen molar-refractivity contribution in [3.63, 3.8) is 0 Å². The number of hydrogen-bond donors (Lipinski definition) is 4. The number of fused-ring (bicyclic) bond motifs is 20. The zero-order chi connectivity index (χ0) is 57.8. The smallest absolute Gasteiger partial charge is 0.340 e. The first kappa shape index (κ1) is 59.5. The van der Waals surface area contributed by atoms with E-state index in [1.165, 1.54) is 24.3 Å². The van der Waals surface area contributed by atoms with Gasteiger partial charge >= 0.3 is 49.4 Å². The van der Waals surface area contributed by atoms with Crippen LogP contribution in [0.2, 0.25) is 0 Å². The molecule has 0 spiro atoms. The Kier molecular flexibility index (Phi) is 17.1. The molecule has 79 heavy (non-hydrogen) atoms. The van der Waals surface area contributed by atoms with E-state index in [2.05, 4.69) is 88.6 Å². The zero-order valence-corrected chi connectivity index (χ0v) is 46.0. The summed E-state index contributed by atoms with van der Waals surface area (Å²) in [6.07, 6.45) is -18.6. The molecule has 8 bridgehead atoms. The summed E-state index contributed by atoms with van der Waals surface area (Å²) in [5.41, 5.74) is -2.44.